The molecule has 0 amide bonds. The lowest BCUT2D eigenvalue weighted by Gasteiger charge is -2.28. The van der Waals surface area contributed by atoms with Crippen molar-refractivity contribution < 1.29 is 13.2 Å². The Bertz CT molecular complexity index is 1030. The molecule has 0 bridgehead atoms. The molecule has 144 valence electrons. The molecule has 1 aromatic heterocycles. The second kappa shape index (κ2) is 6.50. The lowest BCUT2D eigenvalue weighted by molar-refractivity contribution is 0.0850. The van der Waals surface area contributed by atoms with E-state index in [1.165, 1.54) is 8.99 Å². The number of nitrogens with two attached hydrogens (primary N) is 1. The number of aromatic nitrogens is 2. The van der Waals surface area contributed by atoms with E-state index < -0.39 is 15.9 Å². The van der Waals surface area contributed by atoms with Gasteiger partial charge in [-0.3, -0.25) is 4.79 Å². The predicted octanol–water partition coefficient (Wildman–Crippen LogP) is 1.68. The molecule has 10 heteroatoms. The highest BCUT2D eigenvalue weighted by Crippen LogP contribution is 2.36. The fourth-order valence-corrected chi connectivity index (χ4v) is 4.74. The smallest absolute Gasteiger partial charge is 0.254 e. The molecule has 2 aliphatic heterocycles. The Balaban J connectivity index is 1.74. The van der Waals surface area contributed by atoms with Crippen LogP contribution in [0.25, 0.3) is 0 Å². The van der Waals surface area contributed by atoms with E-state index in [4.69, 9.17) is 17.3 Å². The Morgan fingerprint density at radius 3 is 2.93 bits per heavy atom. The van der Waals surface area contributed by atoms with Crippen LogP contribution in [0.5, 0.6) is 0 Å². The molecule has 2 aromatic rings. The van der Waals surface area contributed by atoms with Crippen molar-refractivity contribution in [3.05, 3.63) is 40.0 Å². The van der Waals surface area contributed by atoms with Gasteiger partial charge in [-0.25, -0.2) is 13.1 Å². The molecular formula is C17H20ClN5O3S. The number of nitrogen functional groups attached to an aromatic ring is 1. The molecule has 0 fully saturated rings. The van der Waals surface area contributed by atoms with Gasteiger partial charge < -0.3 is 11.1 Å². The summed E-state index contributed by atoms with van der Waals surface area (Å²) in [6.07, 6.45) is 2.20. The summed E-state index contributed by atoms with van der Waals surface area (Å²) in [4.78, 5) is 13.3. The zero-order chi connectivity index (χ0) is 19.3. The van der Waals surface area contributed by atoms with E-state index in [1.807, 2.05) is 6.07 Å². The van der Waals surface area contributed by atoms with Crippen molar-refractivity contribution in [2.45, 2.75) is 25.3 Å². The molecule has 1 unspecified atom stereocenters. The summed E-state index contributed by atoms with van der Waals surface area (Å²) in [5, 5.41) is 8.07. The third-order valence-electron chi connectivity index (χ3n) is 5.17. The van der Waals surface area contributed by atoms with Gasteiger partial charge in [-0.15, -0.1) is 5.10 Å². The summed E-state index contributed by atoms with van der Waals surface area (Å²) in [5.41, 5.74) is 9.01. The molecule has 0 aliphatic carbocycles. The second-order valence-corrected chi connectivity index (χ2v) is 9.33. The Morgan fingerprint density at radius 1 is 1.41 bits per heavy atom. The summed E-state index contributed by atoms with van der Waals surface area (Å²) in [6, 6.07) is 5.42. The van der Waals surface area contributed by atoms with Crippen LogP contribution in [-0.4, -0.2) is 47.8 Å². The lowest BCUT2D eigenvalue weighted by Crippen LogP contribution is -2.37. The van der Waals surface area contributed by atoms with Gasteiger partial charge in [-0.1, -0.05) is 11.6 Å². The molecule has 0 radical (unpaired) electrons. The van der Waals surface area contributed by atoms with Crippen molar-refractivity contribution in [1.29, 1.82) is 0 Å². The minimum absolute atomic E-state index is 0.0947. The van der Waals surface area contributed by atoms with E-state index in [1.54, 1.807) is 12.1 Å². The molecule has 3 heterocycles. The molecule has 0 spiro atoms. The summed E-state index contributed by atoms with van der Waals surface area (Å²) in [5.74, 6) is -0.355. The molecule has 4 rings (SSSR count). The van der Waals surface area contributed by atoms with Crippen molar-refractivity contribution in [1.82, 2.24) is 14.1 Å². The Morgan fingerprint density at radius 2 is 2.19 bits per heavy atom. The fourth-order valence-electron chi connectivity index (χ4n) is 3.78. The summed E-state index contributed by atoms with van der Waals surface area (Å²) < 4.78 is 26.5. The highest BCUT2D eigenvalue weighted by Gasteiger charge is 2.34. The first-order chi connectivity index (χ1) is 12.8. The number of hydrogen-bond acceptors (Lipinski definition) is 6. The van der Waals surface area contributed by atoms with Crippen LogP contribution >= 0.6 is 11.6 Å². The minimum Gasteiger partial charge on any atom is -0.385 e. The minimum atomic E-state index is -3.37. The Labute approximate surface area is 162 Å². The van der Waals surface area contributed by atoms with Crippen LogP contribution < -0.4 is 11.1 Å². The van der Waals surface area contributed by atoms with Gasteiger partial charge in [0.05, 0.1) is 24.4 Å². The zero-order valence-electron chi connectivity index (χ0n) is 14.8. The average Bonchev–Trinajstić information content (AvgIpc) is 2.96. The monoisotopic (exact) mass is 409 g/mol. The lowest BCUT2D eigenvalue weighted by atomic mass is 9.90. The maximum absolute atomic E-state index is 13.3. The number of anilines is 2. The van der Waals surface area contributed by atoms with Crippen molar-refractivity contribution in [2.24, 2.45) is 0 Å². The maximum atomic E-state index is 13.3. The summed E-state index contributed by atoms with van der Waals surface area (Å²) >= 11 is 6.13. The van der Waals surface area contributed by atoms with Crippen LogP contribution in [0, 0.1) is 0 Å². The van der Waals surface area contributed by atoms with Crippen molar-refractivity contribution in [2.75, 3.05) is 30.4 Å². The third-order valence-corrected chi connectivity index (χ3v) is 6.66. The quantitative estimate of drug-likeness (QED) is 0.780. The number of nitrogens with one attached hydrogen (secondary N) is 1. The van der Waals surface area contributed by atoms with Gasteiger partial charge in [0.2, 0.25) is 10.0 Å². The normalized spacial score (nSPS) is 19.9. The van der Waals surface area contributed by atoms with Crippen LogP contribution in [0.4, 0.5) is 11.5 Å². The fraction of sp³-hybridized carbons (Fsp3) is 0.412. The number of sulfonamides is 1. The van der Waals surface area contributed by atoms with E-state index in [9.17, 15) is 13.2 Å². The molecular weight excluding hydrogens is 390 g/mol. The van der Waals surface area contributed by atoms with E-state index in [-0.39, 0.29) is 18.3 Å². The largest absolute Gasteiger partial charge is 0.385 e. The topological polar surface area (TPSA) is 110 Å². The first-order valence-corrected chi connectivity index (χ1v) is 10.9. The number of fused-ring (bicyclic) bond motifs is 2. The van der Waals surface area contributed by atoms with Crippen molar-refractivity contribution in [3.8, 4) is 0 Å². The number of nitrogens with zero attached hydrogens (tertiary/aromatic N) is 3. The molecule has 1 aromatic carbocycles. The van der Waals surface area contributed by atoms with E-state index in [0.29, 0.717) is 36.6 Å². The molecule has 27 heavy (non-hydrogen) atoms. The SMILES string of the molecule is CS(=O)(=O)N1CCc2c(N)nn(C(=O)C3CCNc4ccc(Cl)cc43)c2C1. The Kier molecular flexibility index (Phi) is 4.40. The van der Waals surface area contributed by atoms with Gasteiger partial charge in [0, 0.05) is 29.4 Å². The van der Waals surface area contributed by atoms with Gasteiger partial charge in [-0.05, 0) is 36.6 Å². The van der Waals surface area contributed by atoms with Crippen LogP contribution in [0.3, 0.4) is 0 Å². The highest BCUT2D eigenvalue weighted by molar-refractivity contribution is 7.88. The molecule has 1 atom stereocenters. The zero-order valence-corrected chi connectivity index (χ0v) is 16.3. The second-order valence-electron chi connectivity index (χ2n) is 6.91. The number of rotatable bonds is 2. The van der Waals surface area contributed by atoms with Gasteiger partial charge in [0.15, 0.2) is 0 Å². The van der Waals surface area contributed by atoms with E-state index >= 15 is 0 Å². The molecule has 0 saturated heterocycles. The van der Waals surface area contributed by atoms with Crippen molar-refractivity contribution >= 4 is 39.0 Å². The van der Waals surface area contributed by atoms with Crippen LogP contribution in [0.2, 0.25) is 5.02 Å². The molecule has 3 N–H and O–H groups in total. The van der Waals surface area contributed by atoms with Crippen LogP contribution in [0.1, 0.15) is 34.0 Å². The van der Waals surface area contributed by atoms with E-state index in [2.05, 4.69) is 10.4 Å². The van der Waals surface area contributed by atoms with Crippen LogP contribution in [0.15, 0.2) is 18.2 Å². The number of hydrogen-bond donors (Lipinski definition) is 2. The van der Waals surface area contributed by atoms with Crippen LogP contribution in [-0.2, 0) is 23.0 Å². The maximum Gasteiger partial charge on any atom is 0.254 e. The average molecular weight is 410 g/mol. The van der Waals surface area contributed by atoms with Gasteiger partial charge >= 0.3 is 0 Å². The molecule has 2 aliphatic rings. The number of halogens is 1. The summed E-state index contributed by atoms with van der Waals surface area (Å²) in [6.45, 7) is 1.08. The predicted molar refractivity (Wildman–Crippen MR) is 104 cm³/mol. The first-order valence-electron chi connectivity index (χ1n) is 8.64. The van der Waals surface area contributed by atoms with E-state index in [0.717, 1.165) is 23.1 Å². The number of benzene rings is 1. The van der Waals surface area contributed by atoms with Crippen molar-refractivity contribution in [3.63, 3.8) is 0 Å². The Hall–Kier alpha value is -2.10. The standard InChI is InChI=1S/C17H20ClN5O3S/c1-27(25,26)22-7-5-12-15(9-22)23(21-16(12)19)17(24)11-4-6-20-14-3-2-10(18)8-13(11)14/h2-3,8,11,20H,4-7,9H2,1H3,(H2,19,21). The number of carbonyl (C=O) groups is 1. The number of carbonyl (C=O) groups excluding carboxylic acids is 1. The third kappa shape index (κ3) is 3.19. The van der Waals surface area contributed by atoms with Gasteiger partial charge in [0.25, 0.3) is 5.91 Å². The van der Waals surface area contributed by atoms with Gasteiger partial charge in [-0.2, -0.15) is 4.31 Å². The molecule has 0 saturated carbocycles. The first kappa shape index (κ1) is 18.3. The summed E-state index contributed by atoms with van der Waals surface area (Å²) in [7, 11) is -3.37. The molecule has 8 nitrogen and oxygen atoms in total. The highest BCUT2D eigenvalue weighted by atomic mass is 35.5. The van der Waals surface area contributed by atoms with Gasteiger partial charge in [0.1, 0.15) is 5.82 Å².